The Labute approximate surface area is 149 Å². The van der Waals surface area contributed by atoms with Gasteiger partial charge in [0.15, 0.2) is 15.3 Å². The fourth-order valence-electron chi connectivity index (χ4n) is 2.84. The van der Waals surface area contributed by atoms with Crippen LogP contribution in [0.2, 0.25) is 0 Å². The first kappa shape index (κ1) is 21.5. The molecule has 0 spiro atoms. The second kappa shape index (κ2) is 6.64. The summed E-state index contributed by atoms with van der Waals surface area (Å²) in [5.41, 5.74) is -4.10. The van der Waals surface area contributed by atoms with Gasteiger partial charge in [-0.3, -0.25) is 4.79 Å². The molecule has 1 saturated heterocycles. The van der Waals surface area contributed by atoms with Gasteiger partial charge in [0, 0.05) is 13.1 Å². The Bertz CT molecular complexity index is 801. The number of hydrogen-bond acceptors (Lipinski definition) is 3. The van der Waals surface area contributed by atoms with Crippen molar-refractivity contribution in [3.8, 4) is 0 Å². The fourth-order valence-corrected chi connectivity index (χ4v) is 4.18. The molecule has 1 unspecified atom stereocenters. The second-order valence-corrected chi connectivity index (χ2v) is 8.50. The highest BCUT2D eigenvalue weighted by molar-refractivity contribution is 7.92. The van der Waals surface area contributed by atoms with E-state index in [0.29, 0.717) is 0 Å². The van der Waals surface area contributed by atoms with Gasteiger partial charge in [0.25, 0.3) is 0 Å². The number of rotatable bonds is 3. The molecule has 2 rings (SSSR count). The van der Waals surface area contributed by atoms with Crippen LogP contribution in [0.1, 0.15) is 13.3 Å². The monoisotopic (exact) mass is 421 g/mol. The predicted octanol–water partition coefficient (Wildman–Crippen LogP) is 3.33. The number of amides is 1. The SMILES string of the molecule is CC(C(=O)N1CCC(C(F)(F)F)(C(F)(F)F)C1)S(=O)(=O)c1ccc(F)cc1. The molecule has 27 heavy (non-hydrogen) atoms. The Morgan fingerprint density at radius 1 is 1.07 bits per heavy atom. The number of nitrogens with zero attached hydrogens (tertiary/aromatic N) is 1. The van der Waals surface area contributed by atoms with Crippen molar-refractivity contribution in [1.82, 2.24) is 4.90 Å². The zero-order valence-electron chi connectivity index (χ0n) is 13.7. The Morgan fingerprint density at radius 3 is 1.96 bits per heavy atom. The summed E-state index contributed by atoms with van der Waals surface area (Å²) in [4.78, 5) is 12.1. The van der Waals surface area contributed by atoms with Crippen LogP contribution in [0.4, 0.5) is 30.7 Å². The minimum absolute atomic E-state index is 0.257. The van der Waals surface area contributed by atoms with Crippen LogP contribution in [0, 0.1) is 11.2 Å². The van der Waals surface area contributed by atoms with Gasteiger partial charge in [-0.25, -0.2) is 12.8 Å². The summed E-state index contributed by atoms with van der Waals surface area (Å²) in [6.45, 7) is -1.73. The number of benzene rings is 1. The molecule has 1 heterocycles. The van der Waals surface area contributed by atoms with Crippen molar-refractivity contribution in [1.29, 1.82) is 0 Å². The molecule has 1 atom stereocenters. The molecule has 1 aliphatic heterocycles. The molecule has 4 nitrogen and oxygen atoms in total. The van der Waals surface area contributed by atoms with Gasteiger partial charge >= 0.3 is 12.4 Å². The molecular weight excluding hydrogens is 407 g/mol. The predicted molar refractivity (Wildman–Crippen MR) is 78.8 cm³/mol. The van der Waals surface area contributed by atoms with Gasteiger partial charge in [-0.15, -0.1) is 0 Å². The number of halogens is 7. The first-order chi connectivity index (χ1) is 12.1. The third-order valence-corrected chi connectivity index (χ3v) is 6.68. The summed E-state index contributed by atoms with van der Waals surface area (Å²) in [5, 5.41) is -1.93. The molecule has 0 aromatic heterocycles. The average molecular weight is 421 g/mol. The number of hydrogen-bond donors (Lipinski definition) is 0. The van der Waals surface area contributed by atoms with Gasteiger partial charge < -0.3 is 4.90 Å². The largest absolute Gasteiger partial charge is 0.404 e. The maximum Gasteiger partial charge on any atom is 0.404 e. The molecule has 12 heteroatoms. The molecule has 0 N–H and O–H groups in total. The van der Waals surface area contributed by atoms with E-state index < -0.39 is 69.0 Å². The van der Waals surface area contributed by atoms with Crippen molar-refractivity contribution in [3.05, 3.63) is 30.1 Å². The Hall–Kier alpha value is -1.85. The molecule has 152 valence electrons. The minimum Gasteiger partial charge on any atom is -0.340 e. The standard InChI is InChI=1S/C15H14F7NO3S/c1-9(27(25,26)11-4-2-10(16)3-5-11)12(24)23-7-6-13(8-23,14(17,18)19)15(20,21)22/h2-5,9H,6-8H2,1H3. The normalized spacial score (nSPS) is 19.2. The van der Waals surface area contributed by atoms with E-state index in [1.165, 1.54) is 0 Å². The van der Waals surface area contributed by atoms with Gasteiger partial charge in [-0.05, 0) is 37.6 Å². The van der Waals surface area contributed by atoms with E-state index in [9.17, 15) is 43.9 Å². The van der Waals surface area contributed by atoms with E-state index in [1.54, 1.807) is 0 Å². The van der Waals surface area contributed by atoms with Crippen LogP contribution < -0.4 is 0 Å². The van der Waals surface area contributed by atoms with Crippen LogP contribution in [0.25, 0.3) is 0 Å². The van der Waals surface area contributed by atoms with Crippen LogP contribution in [0.5, 0.6) is 0 Å². The van der Waals surface area contributed by atoms with Crippen molar-refractivity contribution in [3.63, 3.8) is 0 Å². The lowest BCUT2D eigenvalue weighted by atomic mass is 9.85. The first-order valence-electron chi connectivity index (χ1n) is 7.55. The number of carbonyl (C=O) groups excluding carboxylic acids is 1. The fraction of sp³-hybridized carbons (Fsp3) is 0.533. The molecule has 0 bridgehead atoms. The molecule has 1 amide bonds. The van der Waals surface area contributed by atoms with E-state index in [0.717, 1.165) is 31.2 Å². The average Bonchev–Trinajstić information content (AvgIpc) is 3.00. The molecule has 1 aliphatic rings. The topological polar surface area (TPSA) is 54.5 Å². The highest BCUT2D eigenvalue weighted by Crippen LogP contribution is 2.55. The second-order valence-electron chi connectivity index (χ2n) is 6.23. The van der Waals surface area contributed by atoms with Crippen molar-refractivity contribution in [2.24, 2.45) is 5.41 Å². The summed E-state index contributed by atoms with van der Waals surface area (Å²) in [7, 11) is -4.42. The van der Waals surface area contributed by atoms with Crippen molar-refractivity contribution >= 4 is 15.7 Å². The maximum atomic E-state index is 13.1. The van der Waals surface area contributed by atoms with E-state index >= 15 is 0 Å². The number of alkyl halides is 6. The van der Waals surface area contributed by atoms with Crippen molar-refractivity contribution in [2.45, 2.75) is 35.8 Å². The van der Waals surface area contributed by atoms with Crippen LogP contribution in [0.3, 0.4) is 0 Å². The Kier molecular flexibility index (Phi) is 5.28. The zero-order chi connectivity index (χ0) is 20.8. The van der Waals surface area contributed by atoms with Gasteiger partial charge in [-0.2, -0.15) is 26.3 Å². The van der Waals surface area contributed by atoms with Gasteiger partial charge in [-0.1, -0.05) is 0 Å². The molecule has 0 saturated carbocycles. The highest BCUT2D eigenvalue weighted by Gasteiger charge is 2.73. The summed E-state index contributed by atoms with van der Waals surface area (Å²) in [6.07, 6.45) is -12.7. The van der Waals surface area contributed by atoms with E-state index in [4.69, 9.17) is 0 Å². The third-order valence-electron chi connectivity index (χ3n) is 4.62. The van der Waals surface area contributed by atoms with Crippen LogP contribution in [-0.2, 0) is 14.6 Å². The van der Waals surface area contributed by atoms with Crippen molar-refractivity contribution in [2.75, 3.05) is 13.1 Å². The molecule has 0 radical (unpaired) electrons. The molecular formula is C15H14F7NO3S. The van der Waals surface area contributed by atoms with E-state index in [2.05, 4.69) is 0 Å². The van der Waals surface area contributed by atoms with Gasteiger partial charge in [0.05, 0.1) is 4.90 Å². The van der Waals surface area contributed by atoms with Gasteiger partial charge in [0.2, 0.25) is 5.91 Å². The quantitative estimate of drug-likeness (QED) is 0.556. The summed E-state index contributed by atoms with van der Waals surface area (Å²) >= 11 is 0. The summed E-state index contributed by atoms with van der Waals surface area (Å²) in [5.74, 6) is -2.14. The lowest BCUT2D eigenvalue weighted by Gasteiger charge is -2.33. The Morgan fingerprint density at radius 2 is 1.56 bits per heavy atom. The lowest BCUT2D eigenvalue weighted by Crippen LogP contribution is -2.53. The van der Waals surface area contributed by atoms with E-state index in [1.807, 2.05) is 0 Å². The van der Waals surface area contributed by atoms with Crippen LogP contribution in [0.15, 0.2) is 29.2 Å². The van der Waals surface area contributed by atoms with Gasteiger partial charge in [0.1, 0.15) is 11.1 Å². The maximum absolute atomic E-state index is 13.1. The number of carbonyl (C=O) groups is 1. The lowest BCUT2D eigenvalue weighted by molar-refractivity contribution is -0.334. The van der Waals surface area contributed by atoms with E-state index in [-0.39, 0.29) is 4.90 Å². The highest BCUT2D eigenvalue weighted by atomic mass is 32.2. The smallest absolute Gasteiger partial charge is 0.340 e. The third kappa shape index (κ3) is 3.63. The minimum atomic E-state index is -5.65. The van der Waals surface area contributed by atoms with Crippen LogP contribution in [-0.4, -0.2) is 49.9 Å². The zero-order valence-corrected chi connectivity index (χ0v) is 14.6. The molecule has 1 aromatic rings. The number of likely N-dealkylation sites (tertiary alicyclic amines) is 1. The first-order valence-corrected chi connectivity index (χ1v) is 9.10. The summed E-state index contributed by atoms with van der Waals surface area (Å²) < 4.78 is 116. The molecule has 0 aliphatic carbocycles. The Balaban J connectivity index is 2.29. The number of sulfone groups is 1. The molecule has 1 fully saturated rings. The summed E-state index contributed by atoms with van der Waals surface area (Å²) in [6, 6.07) is 3.32. The van der Waals surface area contributed by atoms with Crippen molar-refractivity contribution < 1.29 is 43.9 Å². The molecule has 1 aromatic carbocycles. The van der Waals surface area contributed by atoms with Crippen LogP contribution >= 0.6 is 0 Å².